The molecule has 1 aromatic carbocycles. The molecule has 0 atom stereocenters. The van der Waals surface area contributed by atoms with E-state index >= 15 is 0 Å². The molecule has 2 fully saturated rings. The summed E-state index contributed by atoms with van der Waals surface area (Å²) in [6.07, 6.45) is 5.73. The van der Waals surface area contributed by atoms with Crippen LogP contribution >= 0.6 is 11.6 Å². The second-order valence-corrected chi connectivity index (χ2v) is 6.32. The first-order chi connectivity index (χ1) is 9.31. The highest BCUT2D eigenvalue weighted by Crippen LogP contribution is 2.24. The molecule has 0 amide bonds. The molecule has 0 spiro atoms. The van der Waals surface area contributed by atoms with Crippen LogP contribution in [0.5, 0.6) is 0 Å². The van der Waals surface area contributed by atoms with Crippen molar-refractivity contribution in [1.82, 2.24) is 9.80 Å². The van der Waals surface area contributed by atoms with Gasteiger partial charge in [0.1, 0.15) is 0 Å². The number of halogens is 1. The van der Waals surface area contributed by atoms with Crippen molar-refractivity contribution in [3.63, 3.8) is 0 Å². The van der Waals surface area contributed by atoms with Gasteiger partial charge in [0.2, 0.25) is 0 Å². The fourth-order valence-electron chi connectivity index (χ4n) is 3.45. The molecule has 2 nitrogen and oxygen atoms in total. The predicted molar refractivity (Wildman–Crippen MR) is 80.6 cm³/mol. The summed E-state index contributed by atoms with van der Waals surface area (Å²) < 4.78 is 0. The number of benzene rings is 1. The highest BCUT2D eigenvalue weighted by molar-refractivity contribution is 6.30. The Labute approximate surface area is 121 Å². The van der Waals surface area contributed by atoms with E-state index in [1.165, 1.54) is 57.4 Å². The van der Waals surface area contributed by atoms with Gasteiger partial charge >= 0.3 is 0 Å². The molecule has 0 N–H and O–H groups in total. The lowest BCUT2D eigenvalue weighted by atomic mass is 10.1. The minimum Gasteiger partial charge on any atom is -0.298 e. The van der Waals surface area contributed by atoms with E-state index in [9.17, 15) is 0 Å². The van der Waals surface area contributed by atoms with Gasteiger partial charge in [-0.05, 0) is 30.5 Å². The van der Waals surface area contributed by atoms with E-state index in [-0.39, 0.29) is 0 Å². The fourth-order valence-corrected chi connectivity index (χ4v) is 3.66. The van der Waals surface area contributed by atoms with E-state index in [1.807, 2.05) is 12.1 Å². The molecule has 2 aliphatic rings. The summed E-state index contributed by atoms with van der Waals surface area (Å²) in [5.74, 6) is 0. The Morgan fingerprint density at radius 1 is 1.05 bits per heavy atom. The molecule has 104 valence electrons. The van der Waals surface area contributed by atoms with Crippen LogP contribution < -0.4 is 0 Å². The number of hydrogen-bond donors (Lipinski definition) is 0. The first-order valence-corrected chi connectivity index (χ1v) is 7.90. The summed E-state index contributed by atoms with van der Waals surface area (Å²) in [4.78, 5) is 5.26. The zero-order valence-electron chi connectivity index (χ0n) is 11.5. The zero-order valence-corrected chi connectivity index (χ0v) is 12.3. The van der Waals surface area contributed by atoms with E-state index in [4.69, 9.17) is 11.6 Å². The molecular formula is C16H23ClN2. The van der Waals surface area contributed by atoms with Crippen molar-refractivity contribution in [2.45, 2.75) is 38.3 Å². The molecule has 1 heterocycles. The van der Waals surface area contributed by atoms with Crippen molar-refractivity contribution in [3.8, 4) is 0 Å². The molecule has 0 aromatic heterocycles. The van der Waals surface area contributed by atoms with Gasteiger partial charge in [0.25, 0.3) is 0 Å². The second-order valence-electron chi connectivity index (χ2n) is 5.88. The fraction of sp³-hybridized carbons (Fsp3) is 0.625. The van der Waals surface area contributed by atoms with Crippen LogP contribution in [0.15, 0.2) is 24.3 Å². The maximum Gasteiger partial charge on any atom is 0.0409 e. The monoisotopic (exact) mass is 278 g/mol. The smallest absolute Gasteiger partial charge is 0.0409 e. The Morgan fingerprint density at radius 3 is 2.47 bits per heavy atom. The van der Waals surface area contributed by atoms with E-state index in [0.29, 0.717) is 0 Å². The molecule has 3 rings (SSSR count). The molecule has 0 bridgehead atoms. The Kier molecular flexibility index (Phi) is 4.42. The summed E-state index contributed by atoms with van der Waals surface area (Å²) >= 11 is 6.05. The van der Waals surface area contributed by atoms with Gasteiger partial charge in [0.05, 0.1) is 0 Å². The van der Waals surface area contributed by atoms with E-state index in [2.05, 4.69) is 21.9 Å². The van der Waals surface area contributed by atoms with Crippen molar-refractivity contribution in [1.29, 1.82) is 0 Å². The van der Waals surface area contributed by atoms with Crippen LogP contribution in [0, 0.1) is 0 Å². The third-order valence-electron chi connectivity index (χ3n) is 4.54. The zero-order chi connectivity index (χ0) is 13.1. The number of piperazine rings is 1. The Bertz CT molecular complexity index is 407. The summed E-state index contributed by atoms with van der Waals surface area (Å²) in [6, 6.07) is 9.14. The number of nitrogens with zero attached hydrogens (tertiary/aromatic N) is 2. The van der Waals surface area contributed by atoms with Crippen LogP contribution in [-0.2, 0) is 6.54 Å². The van der Waals surface area contributed by atoms with Crippen molar-refractivity contribution < 1.29 is 0 Å². The Hall–Kier alpha value is -0.570. The van der Waals surface area contributed by atoms with Crippen molar-refractivity contribution in [2.75, 3.05) is 26.2 Å². The van der Waals surface area contributed by atoms with Gasteiger partial charge in [-0.2, -0.15) is 0 Å². The first-order valence-electron chi connectivity index (χ1n) is 7.52. The van der Waals surface area contributed by atoms with Gasteiger partial charge < -0.3 is 0 Å². The van der Waals surface area contributed by atoms with Gasteiger partial charge in [-0.25, -0.2) is 0 Å². The van der Waals surface area contributed by atoms with E-state index in [0.717, 1.165) is 17.6 Å². The predicted octanol–water partition coefficient (Wildman–Crippen LogP) is 3.40. The average molecular weight is 279 g/mol. The largest absolute Gasteiger partial charge is 0.298 e. The van der Waals surface area contributed by atoms with Crippen molar-refractivity contribution in [2.24, 2.45) is 0 Å². The molecule has 3 heteroatoms. The maximum atomic E-state index is 6.05. The van der Waals surface area contributed by atoms with Crippen molar-refractivity contribution >= 4 is 11.6 Å². The van der Waals surface area contributed by atoms with Crippen LogP contribution in [0.2, 0.25) is 5.02 Å². The summed E-state index contributed by atoms with van der Waals surface area (Å²) in [6.45, 7) is 5.92. The van der Waals surface area contributed by atoms with Crippen LogP contribution in [0.4, 0.5) is 0 Å². The van der Waals surface area contributed by atoms with Crippen LogP contribution in [0.1, 0.15) is 31.2 Å². The summed E-state index contributed by atoms with van der Waals surface area (Å²) in [7, 11) is 0. The Balaban J connectivity index is 1.50. The second kappa shape index (κ2) is 6.25. The Morgan fingerprint density at radius 2 is 1.79 bits per heavy atom. The SMILES string of the molecule is Clc1cccc(CN2CCN(C3CCCC3)CC2)c1. The average Bonchev–Trinajstić information content (AvgIpc) is 2.94. The van der Waals surface area contributed by atoms with Crippen LogP contribution in [0.25, 0.3) is 0 Å². The normalized spacial score (nSPS) is 23.0. The minimum atomic E-state index is 0.849. The van der Waals surface area contributed by atoms with Gasteiger partial charge in [0.15, 0.2) is 0 Å². The lowest BCUT2D eigenvalue weighted by molar-refractivity contribution is 0.0937. The number of rotatable bonds is 3. The molecule has 0 radical (unpaired) electrons. The summed E-state index contributed by atoms with van der Waals surface area (Å²) in [5, 5.41) is 0.849. The quantitative estimate of drug-likeness (QED) is 0.836. The first kappa shape index (κ1) is 13.4. The highest BCUT2D eigenvalue weighted by atomic mass is 35.5. The summed E-state index contributed by atoms with van der Waals surface area (Å²) in [5.41, 5.74) is 1.34. The van der Waals surface area contributed by atoms with Crippen LogP contribution in [-0.4, -0.2) is 42.0 Å². The van der Waals surface area contributed by atoms with Gasteiger partial charge in [-0.3, -0.25) is 9.80 Å². The molecule has 1 saturated carbocycles. The third-order valence-corrected chi connectivity index (χ3v) is 4.78. The molecule has 1 aromatic rings. The molecule has 19 heavy (non-hydrogen) atoms. The molecule has 0 unspecified atom stereocenters. The number of hydrogen-bond acceptors (Lipinski definition) is 2. The van der Waals surface area contributed by atoms with Gasteiger partial charge in [-0.1, -0.05) is 36.6 Å². The van der Waals surface area contributed by atoms with Gasteiger partial charge in [0, 0.05) is 43.8 Å². The lowest BCUT2D eigenvalue weighted by Gasteiger charge is -2.38. The van der Waals surface area contributed by atoms with Crippen molar-refractivity contribution in [3.05, 3.63) is 34.9 Å². The molecular weight excluding hydrogens is 256 g/mol. The van der Waals surface area contributed by atoms with E-state index in [1.54, 1.807) is 0 Å². The molecule has 1 aliphatic carbocycles. The third kappa shape index (κ3) is 3.50. The topological polar surface area (TPSA) is 6.48 Å². The van der Waals surface area contributed by atoms with Crippen LogP contribution in [0.3, 0.4) is 0 Å². The maximum absolute atomic E-state index is 6.05. The minimum absolute atomic E-state index is 0.849. The van der Waals surface area contributed by atoms with Gasteiger partial charge in [-0.15, -0.1) is 0 Å². The lowest BCUT2D eigenvalue weighted by Crippen LogP contribution is -2.49. The van der Waals surface area contributed by atoms with E-state index < -0.39 is 0 Å². The molecule has 1 saturated heterocycles. The molecule has 1 aliphatic heterocycles. The highest BCUT2D eigenvalue weighted by Gasteiger charge is 2.25. The standard InChI is InChI=1S/C16H23ClN2/c17-15-5-3-4-14(12-15)13-18-8-10-19(11-9-18)16-6-1-2-7-16/h3-5,12,16H,1-2,6-11,13H2.